The van der Waals surface area contributed by atoms with E-state index in [1.165, 1.54) is 5.56 Å². The molecule has 2 N–H and O–H groups in total. The van der Waals surface area contributed by atoms with Gasteiger partial charge in [-0.3, -0.25) is 9.69 Å². The fourth-order valence-electron chi connectivity index (χ4n) is 2.84. The number of benzene rings is 1. The number of hydrogen-bond donors (Lipinski definition) is 2. The lowest BCUT2D eigenvalue weighted by atomic mass is 10.0. The zero-order valence-electron chi connectivity index (χ0n) is 14.3. The first-order valence-corrected chi connectivity index (χ1v) is 8.35. The standard InChI is InChI=1S/C18H26N2O4/c1-13(2)17(18(22)23)19-16(21)10-15-12-20(8-9-24-15)11-14-6-4-3-5-7-14/h3-7,13,15,17H,8-12H2,1-2H3,(H,19,21)(H,22,23)/t15-,17-/m1/s1. The van der Waals surface area contributed by atoms with Crippen molar-refractivity contribution in [3.63, 3.8) is 0 Å². The molecule has 1 aromatic rings. The van der Waals surface area contributed by atoms with Gasteiger partial charge in [-0.15, -0.1) is 0 Å². The molecule has 2 atom stereocenters. The van der Waals surface area contributed by atoms with Gasteiger partial charge in [0.25, 0.3) is 0 Å². The van der Waals surface area contributed by atoms with Gasteiger partial charge in [0, 0.05) is 19.6 Å². The second-order valence-corrected chi connectivity index (χ2v) is 6.55. The Bertz CT molecular complexity index is 547. The SMILES string of the molecule is CC(C)[C@@H](NC(=O)C[C@@H]1CN(Cc2ccccc2)CCO1)C(=O)O. The highest BCUT2D eigenvalue weighted by molar-refractivity contribution is 5.83. The van der Waals surface area contributed by atoms with Crippen LogP contribution in [-0.2, 0) is 20.9 Å². The summed E-state index contributed by atoms with van der Waals surface area (Å²) in [5, 5.41) is 11.7. The number of carboxylic acid groups (broad SMARTS) is 1. The van der Waals surface area contributed by atoms with E-state index in [1.54, 1.807) is 13.8 Å². The number of nitrogens with one attached hydrogen (secondary N) is 1. The first kappa shape index (κ1) is 18.4. The van der Waals surface area contributed by atoms with E-state index >= 15 is 0 Å². The number of amides is 1. The number of carbonyl (C=O) groups excluding carboxylic acids is 1. The minimum absolute atomic E-state index is 0.159. The molecule has 1 fully saturated rings. The van der Waals surface area contributed by atoms with Crippen LogP contribution in [0.25, 0.3) is 0 Å². The number of ether oxygens (including phenoxy) is 1. The topological polar surface area (TPSA) is 78.9 Å². The molecule has 0 aliphatic carbocycles. The number of nitrogens with zero attached hydrogens (tertiary/aromatic N) is 1. The van der Waals surface area contributed by atoms with E-state index in [9.17, 15) is 9.59 Å². The molecule has 24 heavy (non-hydrogen) atoms. The molecule has 0 radical (unpaired) electrons. The average Bonchev–Trinajstić information content (AvgIpc) is 2.53. The average molecular weight is 334 g/mol. The number of hydrogen-bond acceptors (Lipinski definition) is 4. The van der Waals surface area contributed by atoms with Crippen LogP contribution in [0.1, 0.15) is 25.8 Å². The van der Waals surface area contributed by atoms with E-state index < -0.39 is 12.0 Å². The first-order valence-electron chi connectivity index (χ1n) is 8.35. The van der Waals surface area contributed by atoms with Crippen molar-refractivity contribution >= 4 is 11.9 Å². The molecule has 132 valence electrons. The van der Waals surface area contributed by atoms with Crippen LogP contribution in [0, 0.1) is 5.92 Å². The molecule has 6 heteroatoms. The highest BCUT2D eigenvalue weighted by Crippen LogP contribution is 2.13. The summed E-state index contributed by atoms with van der Waals surface area (Å²) in [6.45, 7) is 6.46. The maximum atomic E-state index is 12.1. The van der Waals surface area contributed by atoms with Gasteiger partial charge < -0.3 is 15.2 Å². The van der Waals surface area contributed by atoms with Gasteiger partial charge >= 0.3 is 5.97 Å². The van der Waals surface area contributed by atoms with E-state index in [0.29, 0.717) is 13.2 Å². The van der Waals surface area contributed by atoms with Gasteiger partial charge in [-0.25, -0.2) is 4.79 Å². The van der Waals surface area contributed by atoms with Crippen molar-refractivity contribution in [2.45, 2.75) is 39.0 Å². The summed E-state index contributed by atoms with van der Waals surface area (Å²) in [7, 11) is 0. The summed E-state index contributed by atoms with van der Waals surface area (Å²) in [5.41, 5.74) is 1.23. The quantitative estimate of drug-likeness (QED) is 0.790. The van der Waals surface area contributed by atoms with Crippen LogP contribution in [0.5, 0.6) is 0 Å². The van der Waals surface area contributed by atoms with Gasteiger partial charge in [-0.1, -0.05) is 44.2 Å². The molecule has 1 aliphatic heterocycles. The van der Waals surface area contributed by atoms with E-state index in [1.807, 2.05) is 18.2 Å². The molecular formula is C18H26N2O4. The molecule has 1 aromatic carbocycles. The molecule has 6 nitrogen and oxygen atoms in total. The molecule has 1 heterocycles. The van der Waals surface area contributed by atoms with Gasteiger partial charge in [-0.2, -0.15) is 0 Å². The Morgan fingerprint density at radius 3 is 2.67 bits per heavy atom. The number of rotatable bonds is 7. The van der Waals surface area contributed by atoms with Crippen molar-refractivity contribution in [2.75, 3.05) is 19.7 Å². The molecule has 1 aliphatic rings. The van der Waals surface area contributed by atoms with Crippen LogP contribution >= 0.6 is 0 Å². The van der Waals surface area contributed by atoms with E-state index in [4.69, 9.17) is 9.84 Å². The highest BCUT2D eigenvalue weighted by atomic mass is 16.5. The molecule has 0 saturated carbocycles. The molecule has 0 unspecified atom stereocenters. The van der Waals surface area contributed by atoms with Crippen molar-refractivity contribution in [1.82, 2.24) is 10.2 Å². The Morgan fingerprint density at radius 1 is 1.33 bits per heavy atom. The Hall–Kier alpha value is -1.92. The summed E-state index contributed by atoms with van der Waals surface area (Å²) in [6.07, 6.45) is -0.0222. The fraction of sp³-hybridized carbons (Fsp3) is 0.556. The summed E-state index contributed by atoms with van der Waals surface area (Å²) in [4.78, 5) is 25.6. The molecule has 2 rings (SSSR count). The summed E-state index contributed by atoms with van der Waals surface area (Å²) < 4.78 is 5.67. The van der Waals surface area contributed by atoms with Gasteiger partial charge in [0.1, 0.15) is 6.04 Å². The number of aliphatic carboxylic acids is 1. The normalized spacial score (nSPS) is 19.9. The molecular weight excluding hydrogens is 308 g/mol. The zero-order valence-corrected chi connectivity index (χ0v) is 14.3. The molecule has 0 bridgehead atoms. The van der Waals surface area contributed by atoms with Gasteiger partial charge in [-0.05, 0) is 11.5 Å². The van der Waals surface area contributed by atoms with E-state index in [2.05, 4.69) is 22.3 Å². The van der Waals surface area contributed by atoms with Crippen molar-refractivity contribution in [3.05, 3.63) is 35.9 Å². The smallest absolute Gasteiger partial charge is 0.326 e. The van der Waals surface area contributed by atoms with Gasteiger partial charge in [0.05, 0.1) is 19.1 Å². The monoisotopic (exact) mass is 334 g/mol. The lowest BCUT2D eigenvalue weighted by Gasteiger charge is -2.33. The summed E-state index contributed by atoms with van der Waals surface area (Å²) in [5.74, 6) is -1.44. The van der Waals surface area contributed by atoms with Crippen molar-refractivity contribution in [1.29, 1.82) is 0 Å². The van der Waals surface area contributed by atoms with E-state index in [0.717, 1.165) is 13.1 Å². The summed E-state index contributed by atoms with van der Waals surface area (Å²) in [6, 6.07) is 9.32. The van der Waals surface area contributed by atoms with Gasteiger partial charge in [0.15, 0.2) is 0 Å². The van der Waals surface area contributed by atoms with Crippen LogP contribution in [0.3, 0.4) is 0 Å². The Morgan fingerprint density at radius 2 is 2.04 bits per heavy atom. The Kier molecular flexibility index (Phi) is 6.75. The number of carboxylic acids is 1. The van der Waals surface area contributed by atoms with Crippen LogP contribution in [0.2, 0.25) is 0 Å². The second kappa shape index (κ2) is 8.80. The predicted octanol–water partition coefficient (Wildman–Crippen LogP) is 1.50. The van der Waals surface area contributed by atoms with Crippen LogP contribution in [0.15, 0.2) is 30.3 Å². The lowest BCUT2D eigenvalue weighted by molar-refractivity contribution is -0.143. The molecule has 1 amide bonds. The predicted molar refractivity (Wildman–Crippen MR) is 90.5 cm³/mol. The van der Waals surface area contributed by atoms with Crippen LogP contribution in [0.4, 0.5) is 0 Å². The van der Waals surface area contributed by atoms with E-state index in [-0.39, 0.29) is 24.3 Å². The molecule has 1 saturated heterocycles. The van der Waals surface area contributed by atoms with Crippen molar-refractivity contribution < 1.29 is 19.4 Å². The molecule has 0 aromatic heterocycles. The number of morpholine rings is 1. The Balaban J connectivity index is 1.83. The largest absolute Gasteiger partial charge is 0.480 e. The maximum absolute atomic E-state index is 12.1. The second-order valence-electron chi connectivity index (χ2n) is 6.55. The third-order valence-electron chi connectivity index (χ3n) is 4.13. The van der Waals surface area contributed by atoms with Gasteiger partial charge in [0.2, 0.25) is 5.91 Å². The summed E-state index contributed by atoms with van der Waals surface area (Å²) >= 11 is 0. The third-order valence-corrected chi connectivity index (χ3v) is 4.13. The van der Waals surface area contributed by atoms with Crippen molar-refractivity contribution in [2.24, 2.45) is 5.92 Å². The number of carbonyl (C=O) groups is 2. The lowest BCUT2D eigenvalue weighted by Crippen LogP contribution is -2.48. The maximum Gasteiger partial charge on any atom is 0.326 e. The minimum Gasteiger partial charge on any atom is -0.480 e. The van der Waals surface area contributed by atoms with Crippen LogP contribution in [-0.4, -0.2) is 53.7 Å². The molecule has 0 spiro atoms. The van der Waals surface area contributed by atoms with Crippen molar-refractivity contribution in [3.8, 4) is 0 Å². The highest BCUT2D eigenvalue weighted by Gasteiger charge is 2.27. The minimum atomic E-state index is -1.01. The third kappa shape index (κ3) is 5.62. The first-order chi connectivity index (χ1) is 11.5. The Labute approximate surface area is 142 Å². The van der Waals surface area contributed by atoms with Crippen LogP contribution < -0.4 is 5.32 Å². The zero-order chi connectivity index (χ0) is 17.5. The fourth-order valence-corrected chi connectivity index (χ4v) is 2.84.